The Kier molecular flexibility index (Phi) is 21.0. The van der Waals surface area contributed by atoms with Crippen LogP contribution >= 0.6 is 68.0 Å². The number of aromatic nitrogens is 8. The van der Waals surface area contributed by atoms with Crippen LogP contribution in [0, 0.1) is 12.8 Å². The first-order valence-electron chi connectivity index (χ1n) is 28.3. The minimum Gasteiger partial charge on any atom is -0.474 e. The van der Waals surface area contributed by atoms with Gasteiger partial charge in [-0.3, -0.25) is 28.9 Å². The van der Waals surface area contributed by atoms with Crippen LogP contribution in [0.5, 0.6) is 0 Å². The standard InChI is InChI=1S/C59H60N14O11S6/c1-29(2)45(57-72-48(40(90-57)24-82-5)50(77)62-21-41(60)74)70-51(78)46-30(3)89-56(71-46)36(20-43(75)61-4)66-49(76)38-26-86-53(68-38)34-17-18-35(65-47(34)37-25-87-55(67-37)39-27-85-44(64-39)19-16-31-12-8-6-9-13-31)54-69-42(28-88-54)73(22-32-23-83-52(63-32)58(79)80)59(81)84-33-14-10-7-11-15-33/h6,8-9,12-13,17-18,23,25-29,33,36,45H,7,10-11,14-16,19-22,24H2,1-5H3,(H2,60,74)(H,61,75)(H,62,77)(H,66,76)(H,70,78)(H,79,80)/t36-,45?/m0/s1. The summed E-state index contributed by atoms with van der Waals surface area (Å²) in [6.07, 6.45) is 5.87. The zero-order valence-electron chi connectivity index (χ0n) is 49.1. The zero-order valence-corrected chi connectivity index (χ0v) is 54.0. The molecule has 10 rings (SSSR count). The number of hydrogen-bond donors (Lipinski definition) is 6. The first-order chi connectivity index (χ1) is 43.4. The largest absolute Gasteiger partial charge is 0.474 e. The number of thiazole rings is 6. The molecule has 1 fully saturated rings. The van der Waals surface area contributed by atoms with Gasteiger partial charge in [-0.05, 0) is 62.6 Å². The molecule has 0 saturated heterocycles. The molecule has 1 unspecified atom stereocenters. The highest BCUT2D eigenvalue weighted by atomic mass is 32.1. The van der Waals surface area contributed by atoms with Gasteiger partial charge in [0, 0.05) is 52.5 Å². The molecule has 0 bridgehead atoms. The molecule has 0 spiro atoms. The van der Waals surface area contributed by atoms with Gasteiger partial charge in [0.2, 0.25) is 11.8 Å². The zero-order chi connectivity index (χ0) is 63.6. The van der Waals surface area contributed by atoms with Crippen LogP contribution in [0.1, 0.15) is 143 Å². The number of nitrogens with two attached hydrogens (primary N) is 1. The summed E-state index contributed by atoms with van der Waals surface area (Å²) in [6, 6.07) is 12.0. The summed E-state index contributed by atoms with van der Waals surface area (Å²) in [7, 11) is 2.93. The maximum absolute atomic E-state index is 14.4. The smallest absolute Gasteiger partial charge is 0.416 e. The molecule has 1 aromatic carbocycles. The first kappa shape index (κ1) is 64.4. The second-order valence-corrected chi connectivity index (χ2v) is 26.8. The lowest BCUT2D eigenvalue weighted by Gasteiger charge is -2.25. The van der Waals surface area contributed by atoms with Crippen LogP contribution in [-0.4, -0.2) is 113 Å². The number of aryl methyl sites for hydroxylation is 3. The summed E-state index contributed by atoms with van der Waals surface area (Å²) in [5.41, 5.74) is 9.29. The average Bonchev–Trinajstić information content (AvgIpc) is 2.13. The van der Waals surface area contributed by atoms with Crippen molar-refractivity contribution in [1.82, 2.24) is 61.1 Å². The molecule has 25 nitrogen and oxygen atoms in total. The molecule has 0 radical (unpaired) electrons. The number of rotatable bonds is 26. The number of nitrogens with zero attached hydrogens (tertiary/aromatic N) is 9. The molecule has 8 heterocycles. The van der Waals surface area contributed by atoms with Crippen LogP contribution < -0.4 is 31.9 Å². The molecule has 1 aliphatic rings. The van der Waals surface area contributed by atoms with Gasteiger partial charge < -0.3 is 46.0 Å². The van der Waals surface area contributed by atoms with Crippen LogP contribution in [0.4, 0.5) is 10.6 Å². The number of ether oxygens (including phenoxy) is 2. The lowest BCUT2D eigenvalue weighted by molar-refractivity contribution is -0.121. The Morgan fingerprint density at radius 2 is 1.50 bits per heavy atom. The van der Waals surface area contributed by atoms with Crippen molar-refractivity contribution in [2.75, 3.05) is 25.6 Å². The number of carboxylic acid groups (broad SMARTS) is 1. The van der Waals surface area contributed by atoms with Gasteiger partial charge in [0.1, 0.15) is 77.4 Å². The summed E-state index contributed by atoms with van der Waals surface area (Å²) >= 11 is 7.66. The Labute approximate surface area is 539 Å². The number of anilines is 1. The molecule has 1 aliphatic carbocycles. The van der Waals surface area contributed by atoms with Gasteiger partial charge in [0.05, 0.1) is 59.5 Å². The SMILES string of the molecule is CNC(=O)C[C@H](NC(=O)c1csc(-c2ccc(-c3nc(N(Cc4coc(C(=O)O)n4)C(=O)OC4CCCCC4)cs3)nc2-c2csc(-c3csc(CCc4ccccc4)n3)n2)n1)c1nc(C(=O)NC(c2nc(C(=O)NCC(N)=O)c(COC)s2)C(C)C)c(C)s1. The van der Waals surface area contributed by atoms with Gasteiger partial charge in [-0.15, -0.1) is 68.0 Å². The minimum atomic E-state index is -1.36. The Balaban J connectivity index is 0.929. The fraction of sp³-hybridized carbons (Fsp3) is 0.339. The molecule has 8 aromatic heterocycles. The average molecular weight is 1330 g/mol. The summed E-state index contributed by atoms with van der Waals surface area (Å²) in [6.45, 7) is 4.91. The number of nitrogens with one attached hydrogen (secondary N) is 4. The Morgan fingerprint density at radius 3 is 2.23 bits per heavy atom. The fourth-order valence-electron chi connectivity index (χ4n) is 9.52. The van der Waals surface area contributed by atoms with Gasteiger partial charge in [0.25, 0.3) is 17.7 Å². The monoisotopic (exact) mass is 1330 g/mol. The molecule has 90 heavy (non-hydrogen) atoms. The minimum absolute atomic E-state index is 0.0220. The Hall–Kier alpha value is -8.59. The van der Waals surface area contributed by atoms with Gasteiger partial charge in [-0.1, -0.05) is 50.6 Å². The van der Waals surface area contributed by atoms with E-state index in [-0.39, 0.29) is 65.2 Å². The highest BCUT2D eigenvalue weighted by Crippen LogP contribution is 2.39. The van der Waals surface area contributed by atoms with E-state index < -0.39 is 66.1 Å². The number of oxazole rings is 1. The van der Waals surface area contributed by atoms with Crippen LogP contribution in [0.15, 0.2) is 74.7 Å². The van der Waals surface area contributed by atoms with Crippen LogP contribution in [0.25, 0.3) is 43.4 Å². The van der Waals surface area contributed by atoms with Gasteiger partial charge in [0.15, 0.2) is 0 Å². The van der Waals surface area contributed by atoms with E-state index in [1.165, 1.54) is 76.2 Å². The molecule has 6 amide bonds. The third kappa shape index (κ3) is 15.7. The maximum atomic E-state index is 14.4. The highest BCUT2D eigenvalue weighted by Gasteiger charge is 2.32. The van der Waals surface area contributed by atoms with Crippen LogP contribution in [0.3, 0.4) is 0 Å². The van der Waals surface area contributed by atoms with E-state index in [1.54, 1.807) is 41.2 Å². The summed E-state index contributed by atoms with van der Waals surface area (Å²) in [5, 5.41) is 30.8. The van der Waals surface area contributed by atoms with Crippen LogP contribution in [0.2, 0.25) is 0 Å². The lowest BCUT2D eigenvalue weighted by Crippen LogP contribution is -2.35. The predicted octanol–water partition coefficient (Wildman–Crippen LogP) is 9.84. The maximum Gasteiger partial charge on any atom is 0.416 e. The fourth-order valence-corrected chi connectivity index (χ4v) is 15.0. The Morgan fingerprint density at radius 1 is 0.756 bits per heavy atom. The predicted molar refractivity (Wildman–Crippen MR) is 341 cm³/mol. The third-order valence-electron chi connectivity index (χ3n) is 14.1. The second kappa shape index (κ2) is 29.4. The van der Waals surface area contributed by atoms with Crippen molar-refractivity contribution in [3.63, 3.8) is 0 Å². The molecule has 9 aromatic rings. The number of pyridine rings is 1. The van der Waals surface area contributed by atoms with E-state index in [1.807, 2.05) is 42.8 Å². The quantitative estimate of drug-likeness (QED) is 0.0293. The number of carboxylic acids is 1. The molecular formula is C59H60N14O11S6. The first-order valence-corrected chi connectivity index (χ1v) is 33.4. The Bertz CT molecular complexity index is 4070. The third-order valence-corrected chi connectivity index (χ3v) is 19.8. The number of hydrogen-bond acceptors (Lipinski definition) is 24. The summed E-state index contributed by atoms with van der Waals surface area (Å²) < 4.78 is 16.5. The highest BCUT2D eigenvalue weighted by molar-refractivity contribution is 7.15. The molecule has 7 N–H and O–H groups in total. The number of benzene rings is 1. The van der Waals surface area contributed by atoms with Crippen molar-refractivity contribution < 1.29 is 52.6 Å². The van der Waals surface area contributed by atoms with Crippen molar-refractivity contribution in [1.29, 1.82) is 0 Å². The van der Waals surface area contributed by atoms with Gasteiger partial charge in [-0.25, -0.2) is 49.5 Å². The van der Waals surface area contributed by atoms with Crippen LogP contribution in [-0.2, 0) is 45.1 Å². The lowest BCUT2D eigenvalue weighted by atomic mass is 9.98. The van der Waals surface area contributed by atoms with E-state index in [4.69, 9.17) is 49.5 Å². The summed E-state index contributed by atoms with van der Waals surface area (Å²) in [4.78, 5) is 132. The van der Waals surface area contributed by atoms with E-state index in [2.05, 4.69) is 43.4 Å². The van der Waals surface area contributed by atoms with Crippen molar-refractivity contribution in [3.8, 4) is 43.4 Å². The number of carbonyl (C=O) groups is 7. The van der Waals surface area contributed by atoms with Crippen molar-refractivity contribution >= 4 is 115 Å². The van der Waals surface area contributed by atoms with E-state index >= 15 is 0 Å². The molecule has 1 saturated carbocycles. The number of amides is 6. The topological polar surface area (TPSA) is 352 Å². The number of primary amides is 1. The molecule has 0 aliphatic heterocycles. The van der Waals surface area contributed by atoms with Crippen molar-refractivity contribution in [3.05, 3.63) is 129 Å². The number of methoxy groups -OCH3 is 1. The molecule has 468 valence electrons. The summed E-state index contributed by atoms with van der Waals surface area (Å²) in [5.74, 6) is -4.85. The normalized spacial score (nSPS) is 13.2. The van der Waals surface area contributed by atoms with Gasteiger partial charge in [-0.2, -0.15) is 0 Å². The van der Waals surface area contributed by atoms with E-state index in [0.717, 1.165) is 48.4 Å². The van der Waals surface area contributed by atoms with Crippen molar-refractivity contribution in [2.45, 2.75) is 103 Å². The molecule has 2 atom stereocenters. The second-order valence-electron chi connectivity index (χ2n) is 20.9. The number of aromatic carboxylic acids is 1. The number of carbonyl (C=O) groups excluding carboxylic acids is 6. The molecule has 31 heteroatoms. The van der Waals surface area contributed by atoms with E-state index in [0.29, 0.717) is 71.0 Å². The van der Waals surface area contributed by atoms with Crippen molar-refractivity contribution in [2.24, 2.45) is 11.7 Å². The molecular weight excluding hydrogens is 1270 g/mol. The van der Waals surface area contributed by atoms with E-state index in [9.17, 15) is 38.7 Å². The van der Waals surface area contributed by atoms with Gasteiger partial charge >= 0.3 is 18.0 Å².